The molecule has 4 aromatic rings. The first-order valence-corrected chi connectivity index (χ1v) is 12.0. The summed E-state index contributed by atoms with van der Waals surface area (Å²) in [6.45, 7) is 4.78. The number of carbonyl (C=O) groups excluding carboxylic acids is 1. The van der Waals surface area contributed by atoms with Crippen molar-refractivity contribution in [3.63, 3.8) is 0 Å². The summed E-state index contributed by atoms with van der Waals surface area (Å²) in [5, 5.41) is 21.4. The third-order valence-electron chi connectivity index (χ3n) is 6.08. The highest BCUT2D eigenvalue weighted by atomic mass is 19.4. The van der Waals surface area contributed by atoms with Crippen LogP contribution in [0.1, 0.15) is 15.9 Å². The molecule has 8 nitrogen and oxygen atoms in total. The number of hydrogen-bond acceptors (Lipinski definition) is 5. The molecule has 0 spiro atoms. The third-order valence-corrected chi connectivity index (χ3v) is 6.08. The summed E-state index contributed by atoms with van der Waals surface area (Å²) in [6, 6.07) is 22.6. The Kier molecular flexibility index (Phi) is 8.10. The van der Waals surface area contributed by atoms with E-state index in [1.54, 1.807) is 18.2 Å². The number of carbonyl (C=O) groups is 2. The fourth-order valence-electron chi connectivity index (χ4n) is 4.19. The quantitative estimate of drug-likeness (QED) is 0.332. The van der Waals surface area contributed by atoms with Gasteiger partial charge in [-0.2, -0.15) is 13.2 Å². The van der Waals surface area contributed by atoms with Crippen LogP contribution in [-0.4, -0.2) is 63.9 Å². The lowest BCUT2D eigenvalue weighted by molar-refractivity contribution is -0.192. The van der Waals surface area contributed by atoms with Crippen LogP contribution in [0.3, 0.4) is 0 Å². The molecule has 1 aromatic heterocycles. The number of carboxylic acid groups (broad SMARTS) is 1. The van der Waals surface area contributed by atoms with E-state index in [9.17, 15) is 23.1 Å². The molecule has 1 amide bonds. The van der Waals surface area contributed by atoms with E-state index < -0.39 is 12.1 Å². The number of nitrogens with one attached hydrogen (secondary N) is 1. The number of carboxylic acids is 1. The Morgan fingerprint density at radius 1 is 0.949 bits per heavy atom. The Bertz CT molecular complexity index is 1480. The number of nitrogens with zero attached hydrogens (tertiary/aromatic N) is 2. The zero-order chi connectivity index (χ0) is 28.2. The zero-order valence-electron chi connectivity index (χ0n) is 20.9. The minimum atomic E-state index is -5.08. The van der Waals surface area contributed by atoms with Gasteiger partial charge in [0.2, 0.25) is 5.88 Å². The molecule has 1 fully saturated rings. The number of rotatable bonds is 4. The summed E-state index contributed by atoms with van der Waals surface area (Å²) in [6.07, 6.45) is -5.08. The Hall–Kier alpha value is -4.51. The number of phenolic OH excluding ortho intramolecular Hbond substituents is 1. The lowest BCUT2D eigenvalue weighted by atomic mass is 10.1. The third kappa shape index (κ3) is 6.15. The van der Waals surface area contributed by atoms with Gasteiger partial charge < -0.3 is 25.2 Å². The standard InChI is InChI=1S/C26H25N3O3.C2HF3O2/c1-18-7-5-6-10-23(18)32-26-24(25(31)28-15-13-27-14-16-28)21-12-11-20(30)17-22(21)29(26)19-8-3-2-4-9-19;3-2(4,5)1(6)7/h2-12,17,27,30H,13-16H2,1H3;(H,6,7). The van der Waals surface area contributed by atoms with Crippen LogP contribution in [0.15, 0.2) is 72.8 Å². The number of aliphatic carboxylic acids is 1. The number of ether oxygens (including phenoxy) is 1. The van der Waals surface area contributed by atoms with E-state index in [-0.39, 0.29) is 11.7 Å². The molecule has 5 rings (SSSR count). The molecule has 0 unspecified atom stereocenters. The second kappa shape index (κ2) is 11.5. The molecule has 0 atom stereocenters. The number of aromatic nitrogens is 1. The van der Waals surface area contributed by atoms with Crippen LogP contribution in [0.4, 0.5) is 13.2 Å². The number of halogens is 3. The molecule has 11 heteroatoms. The van der Waals surface area contributed by atoms with E-state index in [1.807, 2.05) is 71.0 Å². The monoisotopic (exact) mass is 541 g/mol. The van der Waals surface area contributed by atoms with Gasteiger partial charge in [-0.1, -0.05) is 36.4 Å². The molecule has 204 valence electrons. The summed E-state index contributed by atoms with van der Waals surface area (Å²) >= 11 is 0. The van der Waals surface area contributed by atoms with Crippen molar-refractivity contribution >= 4 is 22.8 Å². The fraction of sp³-hybridized carbons (Fsp3) is 0.214. The summed E-state index contributed by atoms with van der Waals surface area (Å²) in [5.74, 6) is -1.55. The van der Waals surface area contributed by atoms with Crippen LogP contribution in [0.2, 0.25) is 0 Å². The van der Waals surface area contributed by atoms with E-state index in [1.165, 1.54) is 0 Å². The van der Waals surface area contributed by atoms with Gasteiger partial charge in [-0.15, -0.1) is 0 Å². The van der Waals surface area contributed by atoms with Crippen LogP contribution < -0.4 is 10.1 Å². The maximum Gasteiger partial charge on any atom is 0.490 e. The highest BCUT2D eigenvalue weighted by molar-refractivity contribution is 6.10. The lowest BCUT2D eigenvalue weighted by Crippen LogP contribution is -2.46. The Morgan fingerprint density at radius 2 is 1.56 bits per heavy atom. The average molecular weight is 542 g/mol. The summed E-state index contributed by atoms with van der Waals surface area (Å²) in [4.78, 5) is 24.5. The van der Waals surface area contributed by atoms with E-state index in [4.69, 9.17) is 14.6 Å². The number of hydrogen-bond donors (Lipinski definition) is 3. The lowest BCUT2D eigenvalue weighted by Gasteiger charge is -2.27. The first-order chi connectivity index (χ1) is 18.6. The van der Waals surface area contributed by atoms with E-state index >= 15 is 0 Å². The number of piperazine rings is 1. The van der Waals surface area contributed by atoms with Gasteiger partial charge >= 0.3 is 12.1 Å². The summed E-state index contributed by atoms with van der Waals surface area (Å²) in [5.41, 5.74) is 3.05. The van der Waals surface area contributed by atoms with E-state index in [2.05, 4.69) is 5.32 Å². The second-order valence-corrected chi connectivity index (χ2v) is 8.77. The first kappa shape index (κ1) is 27.5. The number of amides is 1. The molecule has 1 aliphatic rings. The average Bonchev–Trinajstić information content (AvgIpc) is 3.23. The van der Waals surface area contributed by atoms with Crippen LogP contribution in [0.5, 0.6) is 17.4 Å². The SMILES string of the molecule is Cc1ccccc1Oc1c(C(=O)N2CCNCC2)c2ccc(O)cc2n1-c1ccccc1.O=C(O)C(F)(F)F. The van der Waals surface area contributed by atoms with Crippen molar-refractivity contribution in [1.82, 2.24) is 14.8 Å². The number of phenols is 1. The molecule has 3 aromatic carbocycles. The van der Waals surface area contributed by atoms with Crippen LogP contribution in [0.25, 0.3) is 16.6 Å². The number of para-hydroxylation sites is 2. The maximum atomic E-state index is 13.8. The Labute approximate surface area is 221 Å². The normalized spacial score (nSPS) is 13.5. The number of aryl methyl sites for hydroxylation is 1. The van der Waals surface area contributed by atoms with Gasteiger partial charge in [-0.05, 0) is 42.8 Å². The molecule has 3 N–H and O–H groups in total. The van der Waals surface area contributed by atoms with Gasteiger partial charge in [0, 0.05) is 43.3 Å². The van der Waals surface area contributed by atoms with Gasteiger partial charge in [0.25, 0.3) is 5.91 Å². The van der Waals surface area contributed by atoms with Crippen LogP contribution in [0, 0.1) is 6.92 Å². The van der Waals surface area contributed by atoms with Crippen molar-refractivity contribution < 1.29 is 37.7 Å². The van der Waals surface area contributed by atoms with Gasteiger partial charge in [-0.25, -0.2) is 4.79 Å². The van der Waals surface area contributed by atoms with E-state index in [0.717, 1.165) is 35.2 Å². The predicted octanol–water partition coefficient (Wildman–Crippen LogP) is 5.12. The second-order valence-electron chi connectivity index (χ2n) is 8.77. The smallest absolute Gasteiger partial charge is 0.490 e. The minimum absolute atomic E-state index is 0.0690. The fourth-order valence-corrected chi connectivity index (χ4v) is 4.19. The Morgan fingerprint density at radius 3 is 2.18 bits per heavy atom. The van der Waals surface area contributed by atoms with Gasteiger partial charge in [-0.3, -0.25) is 9.36 Å². The predicted molar refractivity (Wildman–Crippen MR) is 139 cm³/mol. The molecule has 1 aliphatic heterocycles. The number of alkyl halides is 3. The van der Waals surface area contributed by atoms with Gasteiger partial charge in [0.1, 0.15) is 17.1 Å². The van der Waals surface area contributed by atoms with Crippen molar-refractivity contribution in [2.24, 2.45) is 0 Å². The van der Waals surface area contributed by atoms with Crippen molar-refractivity contribution in [3.8, 4) is 23.1 Å². The first-order valence-electron chi connectivity index (χ1n) is 12.0. The van der Waals surface area contributed by atoms with Gasteiger partial charge in [0.15, 0.2) is 0 Å². The number of fused-ring (bicyclic) bond motifs is 1. The van der Waals surface area contributed by atoms with Crippen LogP contribution >= 0.6 is 0 Å². The topological polar surface area (TPSA) is 104 Å². The molecule has 0 radical (unpaired) electrons. The van der Waals surface area contributed by atoms with Crippen LogP contribution in [-0.2, 0) is 4.79 Å². The zero-order valence-corrected chi connectivity index (χ0v) is 20.9. The molecule has 0 saturated carbocycles. The van der Waals surface area contributed by atoms with Crippen molar-refractivity contribution in [2.75, 3.05) is 26.2 Å². The molecule has 39 heavy (non-hydrogen) atoms. The molecule has 2 heterocycles. The molecular formula is C28H26F3N3O5. The summed E-state index contributed by atoms with van der Waals surface area (Å²) in [7, 11) is 0. The van der Waals surface area contributed by atoms with E-state index in [0.29, 0.717) is 30.3 Å². The number of aromatic hydroxyl groups is 1. The minimum Gasteiger partial charge on any atom is -0.508 e. The molecular weight excluding hydrogens is 515 g/mol. The Balaban J connectivity index is 0.000000448. The van der Waals surface area contributed by atoms with Crippen molar-refractivity contribution in [3.05, 3.63) is 83.9 Å². The van der Waals surface area contributed by atoms with Crippen molar-refractivity contribution in [1.29, 1.82) is 0 Å². The largest absolute Gasteiger partial charge is 0.508 e. The number of benzene rings is 3. The highest BCUT2D eigenvalue weighted by Crippen LogP contribution is 2.40. The molecule has 0 bridgehead atoms. The maximum absolute atomic E-state index is 13.8. The molecule has 1 saturated heterocycles. The highest BCUT2D eigenvalue weighted by Gasteiger charge is 2.38. The van der Waals surface area contributed by atoms with Gasteiger partial charge in [0.05, 0.1) is 5.52 Å². The molecule has 0 aliphatic carbocycles. The summed E-state index contributed by atoms with van der Waals surface area (Å²) < 4.78 is 40.1. The van der Waals surface area contributed by atoms with Crippen molar-refractivity contribution in [2.45, 2.75) is 13.1 Å².